The number of nitrogens with zero attached hydrogens (tertiary/aromatic N) is 2. The Balaban J connectivity index is 1.90. The molecule has 2 aromatic carbocycles. The molecule has 0 atom stereocenters. The summed E-state index contributed by atoms with van der Waals surface area (Å²) in [6.07, 6.45) is 1.67. The maximum absolute atomic E-state index is 10.9. The van der Waals surface area contributed by atoms with Gasteiger partial charge < -0.3 is 9.47 Å². The summed E-state index contributed by atoms with van der Waals surface area (Å²) in [4.78, 5) is 9.04. The molecule has 8 nitrogen and oxygen atoms in total. The molecule has 0 saturated heterocycles. The largest absolute Gasteiger partial charge is 0.493 e. The molecule has 0 fully saturated rings. The molecular formula is C17H18N4O4S. The van der Waals surface area contributed by atoms with E-state index in [0.717, 1.165) is 11.1 Å². The second kappa shape index (κ2) is 7.24. The van der Waals surface area contributed by atoms with Gasteiger partial charge in [-0.15, -0.1) is 0 Å². The number of nitrogens with one attached hydrogen (secondary N) is 1. The number of ether oxygens (including phenoxy) is 2. The van der Waals surface area contributed by atoms with Crippen molar-refractivity contribution in [1.82, 2.24) is 14.7 Å². The zero-order valence-electron chi connectivity index (χ0n) is 14.3. The van der Waals surface area contributed by atoms with Crippen LogP contribution in [0.1, 0.15) is 5.56 Å². The summed E-state index contributed by atoms with van der Waals surface area (Å²) in [6.45, 7) is 0.125. The van der Waals surface area contributed by atoms with Crippen LogP contribution in [0, 0.1) is 0 Å². The number of rotatable bonds is 6. The number of methoxy groups -OCH3 is 2. The van der Waals surface area contributed by atoms with Crippen molar-refractivity contribution >= 4 is 21.2 Å². The van der Waals surface area contributed by atoms with Crippen LogP contribution in [0.25, 0.3) is 22.3 Å². The maximum atomic E-state index is 10.9. The summed E-state index contributed by atoms with van der Waals surface area (Å²) in [6, 6.07) is 10.8. The van der Waals surface area contributed by atoms with Crippen LogP contribution in [-0.2, 0) is 16.8 Å². The summed E-state index contributed by atoms with van der Waals surface area (Å²) in [7, 11) is -0.584. The molecule has 0 aliphatic carbocycles. The van der Waals surface area contributed by atoms with Gasteiger partial charge in [-0.2, -0.15) is 13.1 Å². The second-order valence-electron chi connectivity index (χ2n) is 5.51. The maximum Gasteiger partial charge on any atom is 0.274 e. The molecule has 0 radical (unpaired) electrons. The molecule has 136 valence electrons. The van der Waals surface area contributed by atoms with E-state index >= 15 is 0 Å². The van der Waals surface area contributed by atoms with E-state index in [0.29, 0.717) is 28.2 Å². The third-order valence-corrected chi connectivity index (χ3v) is 4.32. The minimum Gasteiger partial charge on any atom is -0.493 e. The molecule has 3 rings (SSSR count). The lowest BCUT2D eigenvalue weighted by Crippen LogP contribution is -2.30. The minimum atomic E-state index is -3.72. The monoisotopic (exact) mass is 374 g/mol. The van der Waals surface area contributed by atoms with Crippen LogP contribution in [0.4, 0.5) is 0 Å². The summed E-state index contributed by atoms with van der Waals surface area (Å²) in [5.74, 6) is 1.17. The predicted molar refractivity (Wildman–Crippen MR) is 98.0 cm³/mol. The normalized spacial score (nSPS) is 11.5. The lowest BCUT2D eigenvalue weighted by atomic mass is 10.1. The third-order valence-electron chi connectivity index (χ3n) is 3.77. The highest BCUT2D eigenvalue weighted by Crippen LogP contribution is 2.31. The molecule has 0 unspecified atom stereocenters. The van der Waals surface area contributed by atoms with Crippen molar-refractivity contribution in [3.8, 4) is 22.8 Å². The Bertz CT molecular complexity index is 1040. The first-order chi connectivity index (χ1) is 12.4. The van der Waals surface area contributed by atoms with Crippen molar-refractivity contribution in [2.75, 3.05) is 14.2 Å². The Morgan fingerprint density at radius 3 is 2.23 bits per heavy atom. The summed E-state index contributed by atoms with van der Waals surface area (Å²) >= 11 is 0. The molecule has 0 aliphatic heterocycles. The molecule has 0 saturated carbocycles. The van der Waals surface area contributed by atoms with Gasteiger partial charge >= 0.3 is 0 Å². The topological polar surface area (TPSA) is 116 Å². The predicted octanol–water partition coefficient (Wildman–Crippen LogP) is 1.61. The molecule has 1 aromatic heterocycles. The second-order valence-corrected chi connectivity index (χ2v) is 6.89. The molecule has 0 bridgehead atoms. The lowest BCUT2D eigenvalue weighted by Gasteiger charge is -2.09. The Hall–Kier alpha value is -2.75. The summed E-state index contributed by atoms with van der Waals surface area (Å²) in [5, 5.41) is 4.93. The SMILES string of the molecule is COc1cc2ncc(-c3ccc(CNS(N)(=O)=O)cc3)nc2cc1OC. The van der Waals surface area contributed by atoms with Crippen LogP contribution < -0.4 is 19.3 Å². The number of hydrogen-bond acceptors (Lipinski definition) is 6. The van der Waals surface area contributed by atoms with Crippen LogP contribution in [0.2, 0.25) is 0 Å². The molecule has 0 aliphatic rings. The van der Waals surface area contributed by atoms with Crippen molar-refractivity contribution in [1.29, 1.82) is 0 Å². The van der Waals surface area contributed by atoms with E-state index in [-0.39, 0.29) is 6.54 Å². The van der Waals surface area contributed by atoms with E-state index in [1.807, 2.05) is 12.1 Å². The van der Waals surface area contributed by atoms with Crippen molar-refractivity contribution in [2.24, 2.45) is 5.14 Å². The smallest absolute Gasteiger partial charge is 0.274 e. The molecule has 26 heavy (non-hydrogen) atoms. The average Bonchev–Trinajstić information content (AvgIpc) is 2.64. The number of hydrogen-bond donors (Lipinski definition) is 2. The van der Waals surface area contributed by atoms with Crippen molar-refractivity contribution in [3.63, 3.8) is 0 Å². The van der Waals surface area contributed by atoms with Gasteiger partial charge in [-0.25, -0.2) is 10.1 Å². The first kappa shape index (κ1) is 18.1. The van der Waals surface area contributed by atoms with Crippen molar-refractivity contribution < 1.29 is 17.9 Å². The highest BCUT2D eigenvalue weighted by atomic mass is 32.2. The van der Waals surface area contributed by atoms with Gasteiger partial charge in [-0.1, -0.05) is 24.3 Å². The van der Waals surface area contributed by atoms with Crippen molar-refractivity contribution in [3.05, 3.63) is 48.2 Å². The number of nitrogens with two attached hydrogens (primary N) is 1. The van der Waals surface area contributed by atoms with Gasteiger partial charge in [0.2, 0.25) is 0 Å². The number of fused-ring (bicyclic) bond motifs is 1. The summed E-state index contributed by atoms with van der Waals surface area (Å²) < 4.78 is 34.7. The molecule has 9 heteroatoms. The van der Waals surface area contributed by atoms with Gasteiger partial charge in [0.25, 0.3) is 10.2 Å². The lowest BCUT2D eigenvalue weighted by molar-refractivity contribution is 0.355. The highest BCUT2D eigenvalue weighted by molar-refractivity contribution is 7.87. The van der Waals surface area contributed by atoms with Crippen LogP contribution >= 0.6 is 0 Å². The molecule has 1 heterocycles. The third kappa shape index (κ3) is 4.07. The van der Waals surface area contributed by atoms with Gasteiger partial charge in [-0.05, 0) is 5.56 Å². The van der Waals surface area contributed by atoms with E-state index in [4.69, 9.17) is 14.6 Å². The Labute approximate surface area is 151 Å². The van der Waals surface area contributed by atoms with Gasteiger partial charge in [0.15, 0.2) is 11.5 Å². The van der Waals surface area contributed by atoms with Gasteiger partial charge in [0, 0.05) is 24.2 Å². The first-order valence-corrected chi connectivity index (χ1v) is 9.20. The van der Waals surface area contributed by atoms with Crippen molar-refractivity contribution in [2.45, 2.75) is 6.54 Å². The van der Waals surface area contributed by atoms with Gasteiger partial charge in [0.1, 0.15) is 0 Å². The standard InChI is InChI=1S/C17H18N4O4S/c1-24-16-7-13-14(8-17(16)25-2)21-15(10-19-13)12-5-3-11(4-6-12)9-20-26(18,22)23/h3-8,10,20H,9H2,1-2H3,(H2,18,22,23). The molecule has 0 amide bonds. The molecule has 3 aromatic rings. The Morgan fingerprint density at radius 1 is 1.04 bits per heavy atom. The highest BCUT2D eigenvalue weighted by Gasteiger charge is 2.10. The fraction of sp³-hybridized carbons (Fsp3) is 0.176. The number of aromatic nitrogens is 2. The molecule has 3 N–H and O–H groups in total. The zero-order valence-corrected chi connectivity index (χ0v) is 15.1. The minimum absolute atomic E-state index is 0.125. The molecular weight excluding hydrogens is 356 g/mol. The Kier molecular flexibility index (Phi) is 5.03. The van der Waals surface area contributed by atoms with E-state index in [1.165, 1.54) is 0 Å². The fourth-order valence-electron chi connectivity index (χ4n) is 2.46. The average molecular weight is 374 g/mol. The van der Waals surface area contributed by atoms with Crippen LogP contribution in [0.3, 0.4) is 0 Å². The van der Waals surface area contributed by atoms with Crippen LogP contribution in [-0.4, -0.2) is 32.6 Å². The van der Waals surface area contributed by atoms with E-state index in [1.54, 1.807) is 44.7 Å². The zero-order chi connectivity index (χ0) is 18.7. The first-order valence-electron chi connectivity index (χ1n) is 7.65. The van der Waals surface area contributed by atoms with E-state index in [2.05, 4.69) is 14.7 Å². The summed E-state index contributed by atoms with van der Waals surface area (Å²) in [5.41, 5.74) is 3.70. The van der Waals surface area contributed by atoms with Crippen LogP contribution in [0.5, 0.6) is 11.5 Å². The Morgan fingerprint density at radius 2 is 1.65 bits per heavy atom. The van der Waals surface area contributed by atoms with Gasteiger partial charge in [-0.3, -0.25) is 4.98 Å². The van der Waals surface area contributed by atoms with E-state index < -0.39 is 10.2 Å². The van der Waals surface area contributed by atoms with Crippen LogP contribution in [0.15, 0.2) is 42.6 Å². The molecule has 0 spiro atoms. The number of benzene rings is 2. The van der Waals surface area contributed by atoms with Gasteiger partial charge in [0.05, 0.1) is 37.1 Å². The fourth-order valence-corrected chi connectivity index (χ4v) is 2.82. The quantitative estimate of drug-likeness (QED) is 0.677. The van der Waals surface area contributed by atoms with E-state index in [9.17, 15) is 8.42 Å².